The van der Waals surface area contributed by atoms with E-state index in [0.29, 0.717) is 11.5 Å². The van der Waals surface area contributed by atoms with Crippen LogP contribution in [0.25, 0.3) is 39.3 Å². The summed E-state index contributed by atoms with van der Waals surface area (Å²) in [4.78, 5) is 19.9. The molecule has 0 bridgehead atoms. The van der Waals surface area contributed by atoms with E-state index in [9.17, 15) is 4.39 Å². The zero-order valence-electron chi connectivity index (χ0n) is 21.2. The molecule has 1 aliphatic heterocycles. The van der Waals surface area contributed by atoms with Crippen LogP contribution >= 0.6 is 0 Å². The summed E-state index contributed by atoms with van der Waals surface area (Å²) in [6, 6.07) is 10.6. The third-order valence-corrected chi connectivity index (χ3v) is 6.95. The van der Waals surface area contributed by atoms with E-state index in [2.05, 4.69) is 42.7 Å². The third kappa shape index (κ3) is 4.66. The Bertz CT molecular complexity index is 1640. The van der Waals surface area contributed by atoms with Gasteiger partial charge in [-0.3, -0.25) is 20.0 Å². The van der Waals surface area contributed by atoms with Crippen molar-refractivity contribution in [2.75, 3.05) is 13.1 Å². The molecule has 1 aliphatic rings. The second-order valence-electron chi connectivity index (χ2n) is 9.63. The first-order valence-corrected chi connectivity index (χ1v) is 12.8. The first-order valence-electron chi connectivity index (χ1n) is 12.8. The van der Waals surface area contributed by atoms with Crippen molar-refractivity contribution in [1.82, 2.24) is 35.0 Å². The van der Waals surface area contributed by atoms with Gasteiger partial charge in [-0.15, -0.1) is 0 Å². The van der Waals surface area contributed by atoms with Gasteiger partial charge >= 0.3 is 0 Å². The van der Waals surface area contributed by atoms with Crippen molar-refractivity contribution in [2.24, 2.45) is 0 Å². The fourth-order valence-corrected chi connectivity index (χ4v) is 5.06. The quantitative estimate of drug-likeness (QED) is 0.262. The highest BCUT2D eigenvalue weighted by Crippen LogP contribution is 2.31. The minimum absolute atomic E-state index is 0.282. The van der Waals surface area contributed by atoms with Gasteiger partial charge in [-0.1, -0.05) is 30.9 Å². The van der Waals surface area contributed by atoms with Gasteiger partial charge < -0.3 is 4.98 Å². The highest BCUT2D eigenvalue weighted by atomic mass is 19.1. The molecule has 5 heterocycles. The van der Waals surface area contributed by atoms with Gasteiger partial charge in [-0.2, -0.15) is 5.10 Å². The van der Waals surface area contributed by atoms with Gasteiger partial charge in [0, 0.05) is 41.2 Å². The Morgan fingerprint density at radius 3 is 2.71 bits per heavy atom. The van der Waals surface area contributed by atoms with Crippen molar-refractivity contribution in [3.8, 4) is 22.8 Å². The highest BCUT2D eigenvalue weighted by molar-refractivity contribution is 5.93. The number of H-pyrrole nitrogens is 2. The number of likely N-dealkylation sites (tertiary alicyclic amines) is 1. The van der Waals surface area contributed by atoms with E-state index in [1.807, 2.05) is 31.5 Å². The number of imidazole rings is 1. The number of pyridine rings is 2. The molecule has 1 fully saturated rings. The number of benzene rings is 1. The standard InChI is InChI=1S/C30H28FN7/c1-3-6-24(21-7-9-23(31)10-8-21)28-19(2)34-30(35-28)29-25-14-26(33-17-27(25)36-37-29)22-13-20(15-32-16-22)18-38-11-4-5-12-38/h3,6-10,13-17H,1,4-5,11-12,18H2,2H3,(H,34,35)(H,36,37)/b24-6-. The van der Waals surface area contributed by atoms with Crippen LogP contribution in [-0.4, -0.2) is 48.1 Å². The Morgan fingerprint density at radius 1 is 1.11 bits per heavy atom. The van der Waals surface area contributed by atoms with E-state index in [-0.39, 0.29) is 5.82 Å². The van der Waals surface area contributed by atoms with Crippen LogP contribution in [-0.2, 0) is 6.54 Å². The number of aromatic amines is 2. The van der Waals surface area contributed by atoms with Crippen LogP contribution in [0, 0.1) is 12.7 Å². The largest absolute Gasteiger partial charge is 0.340 e. The number of hydrogen-bond acceptors (Lipinski definition) is 5. The molecule has 0 radical (unpaired) electrons. The number of fused-ring (bicyclic) bond motifs is 1. The number of nitrogens with zero attached hydrogens (tertiary/aromatic N) is 5. The van der Waals surface area contributed by atoms with Gasteiger partial charge in [-0.25, -0.2) is 9.37 Å². The van der Waals surface area contributed by atoms with Crippen molar-refractivity contribution in [1.29, 1.82) is 0 Å². The molecule has 38 heavy (non-hydrogen) atoms. The molecule has 0 saturated carbocycles. The van der Waals surface area contributed by atoms with E-state index in [4.69, 9.17) is 4.98 Å². The van der Waals surface area contributed by atoms with Crippen molar-refractivity contribution in [3.63, 3.8) is 0 Å². The summed E-state index contributed by atoms with van der Waals surface area (Å²) in [5.41, 5.74) is 7.86. The van der Waals surface area contributed by atoms with Crippen LogP contribution in [0.15, 0.2) is 73.7 Å². The summed E-state index contributed by atoms with van der Waals surface area (Å²) < 4.78 is 13.5. The fraction of sp³-hybridized carbons (Fsp3) is 0.200. The molecule has 0 unspecified atom stereocenters. The van der Waals surface area contributed by atoms with E-state index >= 15 is 0 Å². The maximum Gasteiger partial charge on any atom is 0.159 e. The molecule has 2 N–H and O–H groups in total. The number of allylic oxidation sites excluding steroid dienone is 2. The first-order chi connectivity index (χ1) is 18.6. The van der Waals surface area contributed by atoms with E-state index in [1.165, 1.54) is 30.5 Å². The maximum atomic E-state index is 13.5. The monoisotopic (exact) mass is 505 g/mol. The van der Waals surface area contributed by atoms with Gasteiger partial charge in [0.25, 0.3) is 0 Å². The smallest absolute Gasteiger partial charge is 0.159 e. The van der Waals surface area contributed by atoms with Crippen molar-refractivity contribution in [2.45, 2.75) is 26.3 Å². The molecule has 0 spiro atoms. The SMILES string of the molecule is C=C/C=C(/c1ccc(F)cc1)c1nc(-c2n[nH]c3cnc(-c4cncc(CN5CCCC5)c4)cc23)[nH]c1C. The number of rotatable bonds is 7. The lowest BCUT2D eigenvalue weighted by Gasteiger charge is -2.14. The van der Waals surface area contributed by atoms with Gasteiger partial charge in [0.05, 0.1) is 23.1 Å². The molecular formula is C30H28FN7. The number of aryl methyl sites for hydroxylation is 1. The Balaban J connectivity index is 1.36. The average Bonchev–Trinajstić information content (AvgIpc) is 3.68. The molecule has 1 saturated heterocycles. The van der Waals surface area contributed by atoms with Crippen LogP contribution in [0.1, 0.15) is 35.4 Å². The van der Waals surface area contributed by atoms with Crippen molar-refractivity contribution >= 4 is 16.5 Å². The van der Waals surface area contributed by atoms with Crippen molar-refractivity contribution < 1.29 is 4.39 Å². The molecule has 0 atom stereocenters. The summed E-state index contributed by atoms with van der Waals surface area (Å²) >= 11 is 0. The summed E-state index contributed by atoms with van der Waals surface area (Å²) in [6.45, 7) is 9.00. The lowest BCUT2D eigenvalue weighted by atomic mass is 10.0. The van der Waals surface area contributed by atoms with Crippen LogP contribution in [0.2, 0.25) is 0 Å². The Kier molecular flexibility index (Phi) is 6.39. The Hall–Kier alpha value is -4.43. The van der Waals surface area contributed by atoms with Crippen LogP contribution in [0.3, 0.4) is 0 Å². The minimum atomic E-state index is -0.282. The van der Waals surface area contributed by atoms with Gasteiger partial charge in [0.15, 0.2) is 5.82 Å². The van der Waals surface area contributed by atoms with Gasteiger partial charge in [0.2, 0.25) is 0 Å². The molecule has 8 heteroatoms. The molecule has 0 aliphatic carbocycles. The lowest BCUT2D eigenvalue weighted by Crippen LogP contribution is -2.18. The Morgan fingerprint density at radius 2 is 1.92 bits per heavy atom. The number of nitrogens with one attached hydrogen (secondary N) is 2. The van der Waals surface area contributed by atoms with E-state index in [0.717, 1.165) is 64.3 Å². The first kappa shape index (κ1) is 23.9. The third-order valence-electron chi connectivity index (χ3n) is 6.95. The summed E-state index contributed by atoms with van der Waals surface area (Å²) in [6.07, 6.45) is 11.7. The predicted molar refractivity (Wildman–Crippen MR) is 148 cm³/mol. The summed E-state index contributed by atoms with van der Waals surface area (Å²) in [7, 11) is 0. The summed E-state index contributed by atoms with van der Waals surface area (Å²) in [5.74, 6) is 0.356. The molecule has 0 amide bonds. The second-order valence-corrected chi connectivity index (χ2v) is 9.63. The van der Waals surface area contributed by atoms with Gasteiger partial charge in [0.1, 0.15) is 11.5 Å². The molecule has 4 aromatic heterocycles. The molecule has 6 rings (SSSR count). The number of aromatic nitrogens is 6. The number of hydrogen-bond donors (Lipinski definition) is 2. The second kappa shape index (κ2) is 10.1. The van der Waals surface area contributed by atoms with Crippen LogP contribution < -0.4 is 0 Å². The number of halogens is 1. The van der Waals surface area contributed by atoms with Crippen molar-refractivity contribution in [3.05, 3.63) is 102 Å². The summed E-state index contributed by atoms with van der Waals surface area (Å²) in [5, 5.41) is 8.55. The molecule has 190 valence electrons. The average molecular weight is 506 g/mol. The minimum Gasteiger partial charge on any atom is -0.340 e. The lowest BCUT2D eigenvalue weighted by molar-refractivity contribution is 0.331. The molecular weight excluding hydrogens is 477 g/mol. The van der Waals surface area contributed by atoms with Gasteiger partial charge in [-0.05, 0) is 68.2 Å². The molecule has 5 aromatic rings. The molecule has 7 nitrogen and oxygen atoms in total. The fourth-order valence-electron chi connectivity index (χ4n) is 5.06. The van der Waals surface area contributed by atoms with E-state index < -0.39 is 0 Å². The van der Waals surface area contributed by atoms with Crippen LogP contribution in [0.4, 0.5) is 4.39 Å². The Labute approximate surface area is 220 Å². The van der Waals surface area contributed by atoms with Crippen LogP contribution in [0.5, 0.6) is 0 Å². The van der Waals surface area contributed by atoms with E-state index in [1.54, 1.807) is 24.4 Å². The topological polar surface area (TPSA) is 86.4 Å². The normalized spacial score (nSPS) is 14.4. The maximum absolute atomic E-state index is 13.5. The highest BCUT2D eigenvalue weighted by Gasteiger charge is 2.19. The zero-order chi connectivity index (χ0) is 26.1. The molecule has 1 aromatic carbocycles. The predicted octanol–water partition coefficient (Wildman–Crippen LogP) is 6.07. The zero-order valence-corrected chi connectivity index (χ0v) is 21.2.